The van der Waals surface area contributed by atoms with Crippen LogP contribution >= 0.6 is 0 Å². The van der Waals surface area contributed by atoms with E-state index in [9.17, 15) is 9.59 Å². The first-order chi connectivity index (χ1) is 8.00. The van der Waals surface area contributed by atoms with E-state index in [1.807, 2.05) is 4.90 Å². The second-order valence-electron chi connectivity index (χ2n) is 5.74. The zero-order valence-corrected chi connectivity index (χ0v) is 10.6. The van der Waals surface area contributed by atoms with Crippen molar-refractivity contribution in [1.82, 2.24) is 4.90 Å². The van der Waals surface area contributed by atoms with Crippen LogP contribution < -0.4 is 0 Å². The Balaban J connectivity index is 1.98. The van der Waals surface area contributed by atoms with Gasteiger partial charge in [-0.15, -0.1) is 0 Å². The molecule has 4 heteroatoms. The molecular formula is C13H21NO3. The van der Waals surface area contributed by atoms with Gasteiger partial charge in [-0.1, -0.05) is 13.8 Å². The van der Waals surface area contributed by atoms with E-state index in [4.69, 9.17) is 5.11 Å². The number of aliphatic carboxylic acids is 1. The Hall–Kier alpha value is -1.06. The molecule has 4 nitrogen and oxygen atoms in total. The Labute approximate surface area is 102 Å². The van der Waals surface area contributed by atoms with Crippen LogP contribution in [0.2, 0.25) is 0 Å². The molecule has 0 spiro atoms. The minimum absolute atomic E-state index is 0.0832. The summed E-state index contributed by atoms with van der Waals surface area (Å²) >= 11 is 0. The SMILES string of the molecule is CC(C)CN(C(=O)C1CCC1C(=O)O)C1CC1. The number of carboxylic acid groups (broad SMARTS) is 1. The van der Waals surface area contributed by atoms with Gasteiger partial charge in [0.2, 0.25) is 5.91 Å². The van der Waals surface area contributed by atoms with Crippen molar-refractivity contribution in [3.05, 3.63) is 0 Å². The summed E-state index contributed by atoms with van der Waals surface area (Å²) in [6.45, 7) is 4.96. The Morgan fingerprint density at radius 3 is 2.12 bits per heavy atom. The highest BCUT2D eigenvalue weighted by molar-refractivity contribution is 5.86. The molecule has 0 bridgehead atoms. The van der Waals surface area contributed by atoms with E-state index >= 15 is 0 Å². The number of carboxylic acids is 1. The monoisotopic (exact) mass is 239 g/mol. The number of carbonyl (C=O) groups excluding carboxylic acids is 1. The quantitative estimate of drug-likeness (QED) is 0.795. The van der Waals surface area contributed by atoms with Gasteiger partial charge in [0.05, 0.1) is 11.8 Å². The molecule has 2 rings (SSSR count). The first-order valence-electron chi connectivity index (χ1n) is 6.54. The molecule has 2 saturated carbocycles. The van der Waals surface area contributed by atoms with Crippen LogP contribution in [0.15, 0.2) is 0 Å². The van der Waals surface area contributed by atoms with Crippen LogP contribution in [0.4, 0.5) is 0 Å². The minimum Gasteiger partial charge on any atom is -0.481 e. The number of hydrogen-bond donors (Lipinski definition) is 1. The summed E-state index contributed by atoms with van der Waals surface area (Å²) in [6, 6.07) is 0.389. The third-order valence-corrected chi connectivity index (χ3v) is 3.74. The Kier molecular flexibility index (Phi) is 3.40. The molecule has 17 heavy (non-hydrogen) atoms. The Morgan fingerprint density at radius 1 is 1.18 bits per heavy atom. The summed E-state index contributed by atoms with van der Waals surface area (Å²) in [5.74, 6) is -0.972. The van der Waals surface area contributed by atoms with Gasteiger partial charge in [-0.05, 0) is 31.6 Å². The molecule has 1 N–H and O–H groups in total. The standard InChI is InChI=1S/C13H21NO3/c1-8(2)7-14(9-3-4-9)12(15)10-5-6-11(10)13(16)17/h8-11H,3-7H2,1-2H3,(H,16,17). The van der Waals surface area contributed by atoms with Crippen LogP contribution in [0.3, 0.4) is 0 Å². The van der Waals surface area contributed by atoms with E-state index in [-0.39, 0.29) is 11.8 Å². The van der Waals surface area contributed by atoms with Crippen molar-refractivity contribution in [2.45, 2.75) is 45.6 Å². The lowest BCUT2D eigenvalue weighted by atomic mass is 9.73. The van der Waals surface area contributed by atoms with Gasteiger partial charge in [0.1, 0.15) is 0 Å². The van der Waals surface area contributed by atoms with E-state index in [2.05, 4.69) is 13.8 Å². The predicted octanol–water partition coefficient (Wildman–Crippen LogP) is 1.74. The molecule has 2 aliphatic carbocycles. The van der Waals surface area contributed by atoms with Gasteiger partial charge in [-0.25, -0.2) is 0 Å². The second-order valence-corrected chi connectivity index (χ2v) is 5.74. The van der Waals surface area contributed by atoms with Crippen molar-refractivity contribution in [2.75, 3.05) is 6.54 Å². The lowest BCUT2D eigenvalue weighted by molar-refractivity contribution is -0.157. The average molecular weight is 239 g/mol. The van der Waals surface area contributed by atoms with Crippen LogP contribution in [-0.4, -0.2) is 34.5 Å². The average Bonchev–Trinajstić information content (AvgIpc) is 2.93. The third-order valence-electron chi connectivity index (χ3n) is 3.74. The summed E-state index contributed by atoms with van der Waals surface area (Å²) in [5, 5.41) is 9.00. The summed E-state index contributed by atoms with van der Waals surface area (Å²) in [6.07, 6.45) is 3.58. The highest BCUT2D eigenvalue weighted by Gasteiger charge is 2.45. The van der Waals surface area contributed by atoms with Gasteiger partial charge >= 0.3 is 5.97 Å². The number of nitrogens with zero attached hydrogens (tertiary/aromatic N) is 1. The van der Waals surface area contributed by atoms with E-state index in [0.29, 0.717) is 18.4 Å². The number of amides is 1. The fraction of sp³-hybridized carbons (Fsp3) is 0.846. The predicted molar refractivity (Wildman–Crippen MR) is 63.4 cm³/mol. The largest absolute Gasteiger partial charge is 0.481 e. The minimum atomic E-state index is -0.810. The van der Waals surface area contributed by atoms with Gasteiger partial charge in [0.15, 0.2) is 0 Å². The summed E-state index contributed by atoms with van der Waals surface area (Å²) in [4.78, 5) is 25.2. The fourth-order valence-electron chi connectivity index (χ4n) is 2.50. The third kappa shape index (κ3) is 2.61. The smallest absolute Gasteiger partial charge is 0.307 e. The molecule has 0 aromatic carbocycles. The molecule has 2 aliphatic rings. The van der Waals surface area contributed by atoms with E-state index < -0.39 is 11.9 Å². The van der Waals surface area contributed by atoms with Crippen molar-refractivity contribution in [3.63, 3.8) is 0 Å². The van der Waals surface area contributed by atoms with Gasteiger partial charge in [-0.2, -0.15) is 0 Å². The molecule has 2 atom stereocenters. The van der Waals surface area contributed by atoms with Gasteiger partial charge in [0, 0.05) is 12.6 Å². The summed E-state index contributed by atoms with van der Waals surface area (Å²) < 4.78 is 0. The second kappa shape index (κ2) is 4.67. The molecule has 0 radical (unpaired) electrons. The Bertz CT molecular complexity index is 323. The molecule has 1 amide bonds. The van der Waals surface area contributed by atoms with Crippen molar-refractivity contribution in [3.8, 4) is 0 Å². The summed E-state index contributed by atoms with van der Waals surface area (Å²) in [5.41, 5.74) is 0. The van der Waals surface area contributed by atoms with Crippen molar-refractivity contribution >= 4 is 11.9 Å². The molecule has 2 unspecified atom stereocenters. The molecular weight excluding hydrogens is 218 g/mol. The first kappa shape index (κ1) is 12.4. The first-order valence-corrected chi connectivity index (χ1v) is 6.54. The molecule has 0 aromatic rings. The van der Waals surface area contributed by atoms with Crippen LogP contribution in [0.5, 0.6) is 0 Å². The number of hydrogen-bond acceptors (Lipinski definition) is 2. The molecule has 2 fully saturated rings. The van der Waals surface area contributed by atoms with Crippen molar-refractivity contribution < 1.29 is 14.7 Å². The zero-order valence-electron chi connectivity index (χ0n) is 10.6. The molecule has 0 saturated heterocycles. The number of carbonyl (C=O) groups is 2. The van der Waals surface area contributed by atoms with Gasteiger partial charge < -0.3 is 10.0 Å². The normalized spacial score (nSPS) is 27.7. The molecule has 0 aromatic heterocycles. The van der Waals surface area contributed by atoms with E-state index in [1.54, 1.807) is 0 Å². The molecule has 96 valence electrons. The Morgan fingerprint density at radius 2 is 1.76 bits per heavy atom. The van der Waals surface area contributed by atoms with Crippen LogP contribution in [0.1, 0.15) is 39.5 Å². The van der Waals surface area contributed by atoms with E-state index in [0.717, 1.165) is 25.8 Å². The maximum absolute atomic E-state index is 12.3. The highest BCUT2D eigenvalue weighted by atomic mass is 16.4. The maximum Gasteiger partial charge on any atom is 0.307 e. The van der Waals surface area contributed by atoms with Crippen LogP contribution in [0, 0.1) is 17.8 Å². The lowest BCUT2D eigenvalue weighted by Gasteiger charge is -2.37. The topological polar surface area (TPSA) is 57.6 Å². The van der Waals surface area contributed by atoms with Crippen LogP contribution in [-0.2, 0) is 9.59 Å². The highest BCUT2D eigenvalue weighted by Crippen LogP contribution is 2.38. The van der Waals surface area contributed by atoms with Crippen molar-refractivity contribution in [1.29, 1.82) is 0 Å². The van der Waals surface area contributed by atoms with E-state index in [1.165, 1.54) is 0 Å². The molecule has 0 heterocycles. The zero-order chi connectivity index (χ0) is 12.6. The number of rotatable bonds is 5. The maximum atomic E-state index is 12.3. The lowest BCUT2D eigenvalue weighted by Crippen LogP contribution is -2.48. The van der Waals surface area contributed by atoms with Crippen molar-refractivity contribution in [2.24, 2.45) is 17.8 Å². The van der Waals surface area contributed by atoms with Crippen LogP contribution in [0.25, 0.3) is 0 Å². The van der Waals surface area contributed by atoms with Gasteiger partial charge in [0.25, 0.3) is 0 Å². The summed E-state index contributed by atoms with van der Waals surface area (Å²) in [7, 11) is 0. The molecule has 0 aliphatic heterocycles. The fourth-order valence-corrected chi connectivity index (χ4v) is 2.50. The van der Waals surface area contributed by atoms with Gasteiger partial charge in [-0.3, -0.25) is 9.59 Å².